The summed E-state index contributed by atoms with van der Waals surface area (Å²) >= 11 is 0.229. The van der Waals surface area contributed by atoms with Gasteiger partial charge in [-0.25, -0.2) is 0 Å². The third-order valence-electron chi connectivity index (χ3n) is 3.40. The molecule has 0 bridgehead atoms. The zero-order chi connectivity index (χ0) is 14.8. The summed E-state index contributed by atoms with van der Waals surface area (Å²) in [5.41, 5.74) is 2.89. The average Bonchev–Trinajstić information content (AvgIpc) is 2.92. The Morgan fingerprint density at radius 1 is 1.14 bits per heavy atom. The topological polar surface area (TPSA) is 44.9 Å². The van der Waals surface area contributed by atoms with E-state index in [-0.39, 0.29) is 20.9 Å². The van der Waals surface area contributed by atoms with E-state index in [0.717, 1.165) is 10.9 Å². The minimum atomic E-state index is -0.0585. The second-order valence-corrected chi connectivity index (χ2v) is 7.22. The van der Waals surface area contributed by atoms with Gasteiger partial charge in [-0.05, 0) is 0 Å². The number of aromatic amines is 1. The summed E-state index contributed by atoms with van der Waals surface area (Å²) in [5.74, 6) is -0.0585. The molecule has 0 fully saturated rings. The van der Waals surface area contributed by atoms with E-state index in [9.17, 15) is 4.79 Å². The van der Waals surface area contributed by atoms with Crippen LogP contribution in [0.5, 0.6) is 0 Å². The third kappa shape index (κ3) is 2.73. The van der Waals surface area contributed by atoms with Crippen molar-refractivity contribution in [2.45, 2.75) is 6.92 Å². The summed E-state index contributed by atoms with van der Waals surface area (Å²) in [6, 6.07) is 14.5. The summed E-state index contributed by atoms with van der Waals surface area (Å²) in [5, 5.41) is 3.82. The number of rotatable bonds is 3. The molecule has 21 heavy (non-hydrogen) atoms. The van der Waals surface area contributed by atoms with E-state index < -0.39 is 0 Å². The van der Waals surface area contributed by atoms with Crippen molar-refractivity contribution in [3.8, 4) is 0 Å². The van der Waals surface area contributed by atoms with Crippen molar-refractivity contribution in [3.05, 3.63) is 59.8 Å². The van der Waals surface area contributed by atoms with Crippen LogP contribution in [0.4, 0.5) is 0 Å². The quantitative estimate of drug-likeness (QED) is 0.696. The van der Waals surface area contributed by atoms with Crippen LogP contribution < -0.4 is 14.2 Å². The number of hydrogen-bond acceptors (Lipinski definition) is 1. The molecule has 0 unspecified atom stereocenters. The van der Waals surface area contributed by atoms with Crippen molar-refractivity contribution in [3.63, 3.8) is 0 Å². The molecule has 0 radical (unpaired) electrons. The number of carbonyl (C=O) groups is 1. The van der Waals surface area contributed by atoms with Crippen LogP contribution in [0.15, 0.2) is 48.7 Å². The van der Waals surface area contributed by atoms with Gasteiger partial charge in [0.25, 0.3) is 0 Å². The van der Waals surface area contributed by atoms with Crippen LogP contribution in [0, 0.1) is 6.92 Å². The zero-order valence-corrected chi connectivity index (χ0v) is 13.6. The molecule has 3 rings (SSSR count). The first-order valence-electron chi connectivity index (χ1n) is 6.76. The summed E-state index contributed by atoms with van der Waals surface area (Å²) < 4.78 is 2.60. The molecule has 1 aromatic heterocycles. The molecule has 1 heterocycles. The minimum absolute atomic E-state index is 0.0585. The average molecular weight is 343 g/mol. The normalized spacial score (nSPS) is 10.8. The van der Waals surface area contributed by atoms with Gasteiger partial charge in [-0.3, -0.25) is 0 Å². The Morgan fingerprint density at radius 2 is 1.90 bits per heavy atom. The van der Waals surface area contributed by atoms with Gasteiger partial charge >= 0.3 is 130 Å². The molecule has 0 aliphatic carbocycles. The van der Waals surface area contributed by atoms with Gasteiger partial charge < -0.3 is 0 Å². The predicted molar refractivity (Wildman–Crippen MR) is 87.9 cm³/mol. The van der Waals surface area contributed by atoms with Crippen LogP contribution in [-0.2, 0) is 0 Å². The van der Waals surface area contributed by atoms with E-state index in [0.29, 0.717) is 5.56 Å². The van der Waals surface area contributed by atoms with Gasteiger partial charge in [0.1, 0.15) is 0 Å². The first-order chi connectivity index (χ1) is 10.2. The first-order valence-corrected chi connectivity index (χ1v) is 8.47. The molecule has 2 N–H and O–H groups in total. The molecule has 0 atom stereocenters. The van der Waals surface area contributed by atoms with Crippen molar-refractivity contribution < 1.29 is 4.79 Å². The molecule has 0 aliphatic heterocycles. The van der Waals surface area contributed by atoms with Gasteiger partial charge in [-0.2, -0.15) is 0 Å². The van der Waals surface area contributed by atoms with Crippen molar-refractivity contribution in [2.24, 2.45) is 0 Å². The Bertz CT molecular complexity index is 790. The second kappa shape index (κ2) is 5.76. The fourth-order valence-corrected chi connectivity index (χ4v) is 4.21. The number of nitrogens with one attached hydrogen (secondary N) is 2. The summed E-state index contributed by atoms with van der Waals surface area (Å²) in [4.78, 5) is 15.2. The van der Waals surface area contributed by atoms with E-state index in [1.165, 1.54) is 14.5 Å². The SMILES string of the molecule is CNC(=O)c1cccc2c([Se]c3ccc(C)cc3)c[nH]c12. The molecule has 1 amide bonds. The Labute approximate surface area is 129 Å². The molecular weight excluding hydrogens is 327 g/mol. The number of carbonyl (C=O) groups excluding carboxylic acids is 1. The van der Waals surface area contributed by atoms with Crippen molar-refractivity contribution in [1.82, 2.24) is 10.3 Å². The van der Waals surface area contributed by atoms with Gasteiger partial charge in [-0.15, -0.1) is 0 Å². The number of aromatic nitrogens is 1. The van der Waals surface area contributed by atoms with E-state index in [4.69, 9.17) is 0 Å². The molecule has 0 saturated carbocycles. The Kier molecular flexibility index (Phi) is 3.82. The van der Waals surface area contributed by atoms with E-state index in [1.54, 1.807) is 7.05 Å². The summed E-state index contributed by atoms with van der Waals surface area (Å²) in [7, 11) is 1.65. The van der Waals surface area contributed by atoms with Gasteiger partial charge in [-0.1, -0.05) is 0 Å². The van der Waals surface area contributed by atoms with Crippen LogP contribution in [-0.4, -0.2) is 32.9 Å². The van der Waals surface area contributed by atoms with Crippen molar-refractivity contribution >= 4 is 40.7 Å². The fourth-order valence-electron chi connectivity index (χ4n) is 2.27. The van der Waals surface area contributed by atoms with Crippen molar-refractivity contribution in [2.75, 3.05) is 7.05 Å². The predicted octanol–water partition coefficient (Wildman–Crippen LogP) is 1.49. The number of fused-ring (bicyclic) bond motifs is 1. The number of H-pyrrole nitrogens is 1. The van der Waals surface area contributed by atoms with E-state index >= 15 is 0 Å². The number of amides is 1. The van der Waals surface area contributed by atoms with Crippen LogP contribution in [0.1, 0.15) is 15.9 Å². The van der Waals surface area contributed by atoms with Gasteiger partial charge in [0.05, 0.1) is 0 Å². The maximum atomic E-state index is 11.9. The molecule has 2 aromatic carbocycles. The molecule has 3 aromatic rings. The van der Waals surface area contributed by atoms with E-state index in [1.807, 2.05) is 18.3 Å². The van der Waals surface area contributed by atoms with Gasteiger partial charge in [0.15, 0.2) is 0 Å². The molecule has 0 spiro atoms. The van der Waals surface area contributed by atoms with E-state index in [2.05, 4.69) is 47.6 Å². The first kappa shape index (κ1) is 13.9. The molecule has 0 saturated heterocycles. The third-order valence-corrected chi connectivity index (χ3v) is 5.63. The monoisotopic (exact) mass is 344 g/mol. The Balaban J connectivity index is 2.01. The van der Waals surface area contributed by atoms with Crippen molar-refractivity contribution in [1.29, 1.82) is 0 Å². The van der Waals surface area contributed by atoms with Crippen LogP contribution >= 0.6 is 0 Å². The van der Waals surface area contributed by atoms with Crippen LogP contribution in [0.2, 0.25) is 0 Å². The maximum absolute atomic E-state index is 11.9. The Morgan fingerprint density at radius 3 is 2.62 bits per heavy atom. The number of aryl methyl sites for hydroxylation is 1. The molecule has 0 aliphatic rings. The molecule has 106 valence electrons. The number of benzene rings is 2. The zero-order valence-electron chi connectivity index (χ0n) is 11.9. The second-order valence-electron chi connectivity index (χ2n) is 4.88. The molecule has 3 nitrogen and oxygen atoms in total. The fraction of sp³-hybridized carbons (Fsp3) is 0.118. The van der Waals surface area contributed by atoms with Gasteiger partial charge in [0.2, 0.25) is 0 Å². The molecular formula is C17H16N2OSe. The summed E-state index contributed by atoms with van der Waals surface area (Å²) in [6.07, 6.45) is 2.02. The van der Waals surface area contributed by atoms with Gasteiger partial charge in [0, 0.05) is 0 Å². The van der Waals surface area contributed by atoms with Crippen LogP contribution in [0.3, 0.4) is 0 Å². The Hall–Kier alpha value is -2.03. The standard InChI is InChI=1S/C17H16N2OSe/c1-11-6-8-12(9-7-11)21-15-10-19-16-13(15)4-3-5-14(16)17(20)18-2/h3-10,19H,1-2H3,(H,18,20). The summed E-state index contributed by atoms with van der Waals surface area (Å²) in [6.45, 7) is 2.10. The number of para-hydroxylation sites is 1. The van der Waals surface area contributed by atoms with Crippen LogP contribution in [0.25, 0.3) is 10.9 Å². The number of hydrogen-bond donors (Lipinski definition) is 2. The molecule has 4 heteroatoms.